The Morgan fingerprint density at radius 3 is 2.38 bits per heavy atom. The molecular weight excluding hydrogens is 298 g/mol. The van der Waals surface area contributed by atoms with Gasteiger partial charge in [-0.15, -0.1) is 0 Å². The van der Waals surface area contributed by atoms with Crippen molar-refractivity contribution in [2.24, 2.45) is 0 Å². The van der Waals surface area contributed by atoms with E-state index in [0.717, 1.165) is 0 Å². The Kier molecular flexibility index (Phi) is 5.15. The van der Waals surface area contributed by atoms with Gasteiger partial charge in [0.2, 0.25) is 0 Å². The van der Waals surface area contributed by atoms with Gasteiger partial charge in [0.25, 0.3) is 0 Å². The second-order valence-corrected chi connectivity index (χ2v) is 4.68. The average molecular weight is 312 g/mol. The summed E-state index contributed by atoms with van der Waals surface area (Å²) in [6.45, 7) is -2.83. The molecule has 0 fully saturated rings. The Bertz CT molecular complexity index is 573. The van der Waals surface area contributed by atoms with Gasteiger partial charge < -0.3 is 15.4 Å². The quantitative estimate of drug-likeness (QED) is 0.628. The molecule has 0 amide bonds. The van der Waals surface area contributed by atoms with Crippen molar-refractivity contribution in [3.05, 3.63) is 30.3 Å². The first-order chi connectivity index (χ1) is 10.1. The van der Waals surface area contributed by atoms with Crippen molar-refractivity contribution in [3.63, 3.8) is 0 Å². The number of thioether (sulfide) groups is 1. The van der Waals surface area contributed by atoms with Crippen LogP contribution in [-0.4, -0.2) is 29.9 Å². The Labute approximate surface area is 125 Å². The summed E-state index contributed by atoms with van der Waals surface area (Å²) in [7, 11) is 1.77. The van der Waals surface area contributed by atoms with Crippen molar-refractivity contribution < 1.29 is 13.5 Å². The fraction of sp³-hybridized carbons (Fsp3) is 0.231. The van der Waals surface area contributed by atoms with Crippen LogP contribution in [0.3, 0.4) is 0 Å². The topological polar surface area (TPSA) is 59.1 Å². The van der Waals surface area contributed by atoms with Crippen molar-refractivity contribution in [2.45, 2.75) is 11.8 Å². The van der Waals surface area contributed by atoms with Gasteiger partial charge in [0.1, 0.15) is 17.4 Å². The number of halogens is 2. The minimum absolute atomic E-state index is 0.110. The highest BCUT2D eigenvalue weighted by Crippen LogP contribution is 2.23. The molecular formula is C13H14F2N4OS. The third kappa shape index (κ3) is 4.45. The normalized spacial score (nSPS) is 10.5. The highest BCUT2D eigenvalue weighted by molar-refractivity contribution is 7.98. The number of hydrogen-bond donors (Lipinski definition) is 2. The SMILES string of the molecule is CNc1cc(Nc2ccc(OC(F)F)cc2)nc(SC)n1. The summed E-state index contributed by atoms with van der Waals surface area (Å²) in [4.78, 5) is 8.57. The minimum Gasteiger partial charge on any atom is -0.435 e. The molecule has 21 heavy (non-hydrogen) atoms. The third-order valence-corrected chi connectivity index (χ3v) is 3.04. The van der Waals surface area contributed by atoms with Crippen LogP contribution in [0.4, 0.5) is 26.1 Å². The van der Waals surface area contributed by atoms with E-state index < -0.39 is 6.61 Å². The van der Waals surface area contributed by atoms with E-state index >= 15 is 0 Å². The molecule has 1 aromatic carbocycles. The summed E-state index contributed by atoms with van der Waals surface area (Å²) in [6.07, 6.45) is 1.88. The van der Waals surface area contributed by atoms with Gasteiger partial charge in [-0.3, -0.25) is 0 Å². The molecule has 0 aliphatic carbocycles. The zero-order valence-corrected chi connectivity index (χ0v) is 12.2. The van der Waals surface area contributed by atoms with E-state index in [2.05, 4.69) is 25.3 Å². The molecule has 0 saturated carbocycles. The van der Waals surface area contributed by atoms with E-state index in [0.29, 0.717) is 22.5 Å². The molecule has 0 bridgehead atoms. The molecule has 2 rings (SSSR count). The van der Waals surface area contributed by atoms with E-state index in [1.807, 2.05) is 6.26 Å². The van der Waals surface area contributed by atoms with Gasteiger partial charge in [0, 0.05) is 18.8 Å². The second kappa shape index (κ2) is 7.07. The lowest BCUT2D eigenvalue weighted by Gasteiger charge is -2.10. The summed E-state index contributed by atoms with van der Waals surface area (Å²) in [6, 6.07) is 7.95. The van der Waals surface area contributed by atoms with Crippen LogP contribution in [0.15, 0.2) is 35.5 Å². The number of ether oxygens (including phenoxy) is 1. The Morgan fingerprint density at radius 2 is 1.81 bits per heavy atom. The number of anilines is 3. The maximum Gasteiger partial charge on any atom is 0.387 e. The van der Waals surface area contributed by atoms with Crippen LogP contribution in [0.25, 0.3) is 0 Å². The summed E-state index contributed by atoms with van der Waals surface area (Å²) in [5.74, 6) is 1.41. The van der Waals surface area contributed by atoms with Gasteiger partial charge in [-0.2, -0.15) is 8.78 Å². The molecule has 1 aromatic heterocycles. The molecule has 0 saturated heterocycles. The number of alkyl halides is 2. The highest BCUT2D eigenvalue weighted by atomic mass is 32.2. The Balaban J connectivity index is 2.14. The first kappa shape index (κ1) is 15.3. The standard InChI is InChI=1S/C13H14F2N4OS/c1-16-10-7-11(19-13(18-10)21-2)17-8-3-5-9(6-4-8)20-12(14)15/h3-7,12H,1-2H3,(H2,16,17,18,19). The zero-order valence-electron chi connectivity index (χ0n) is 11.4. The molecule has 112 valence electrons. The van der Waals surface area contributed by atoms with Crippen LogP contribution in [0.2, 0.25) is 0 Å². The maximum absolute atomic E-state index is 12.1. The van der Waals surface area contributed by atoms with Gasteiger partial charge in [0.15, 0.2) is 5.16 Å². The summed E-state index contributed by atoms with van der Waals surface area (Å²) in [5.41, 5.74) is 0.712. The van der Waals surface area contributed by atoms with E-state index in [9.17, 15) is 8.78 Å². The van der Waals surface area contributed by atoms with E-state index in [1.165, 1.54) is 23.9 Å². The lowest BCUT2D eigenvalue weighted by molar-refractivity contribution is -0.0498. The number of hydrogen-bond acceptors (Lipinski definition) is 6. The molecule has 1 heterocycles. The lowest BCUT2D eigenvalue weighted by atomic mass is 10.3. The van der Waals surface area contributed by atoms with Crippen LogP contribution in [0, 0.1) is 0 Å². The smallest absolute Gasteiger partial charge is 0.387 e. The van der Waals surface area contributed by atoms with Crippen LogP contribution in [-0.2, 0) is 0 Å². The second-order valence-electron chi connectivity index (χ2n) is 3.90. The van der Waals surface area contributed by atoms with Crippen LogP contribution in [0.5, 0.6) is 5.75 Å². The summed E-state index contributed by atoms with van der Waals surface area (Å²) in [5, 5.41) is 6.66. The van der Waals surface area contributed by atoms with Crippen molar-refractivity contribution in [2.75, 3.05) is 23.9 Å². The molecule has 0 unspecified atom stereocenters. The monoisotopic (exact) mass is 312 g/mol. The number of nitrogens with one attached hydrogen (secondary N) is 2. The predicted molar refractivity (Wildman–Crippen MR) is 79.7 cm³/mol. The first-order valence-corrected chi connectivity index (χ1v) is 7.26. The minimum atomic E-state index is -2.83. The summed E-state index contributed by atoms with van der Waals surface area (Å²) < 4.78 is 28.4. The molecule has 0 atom stereocenters. The highest BCUT2D eigenvalue weighted by Gasteiger charge is 2.06. The van der Waals surface area contributed by atoms with Gasteiger partial charge in [-0.05, 0) is 30.5 Å². The van der Waals surface area contributed by atoms with Crippen LogP contribution >= 0.6 is 11.8 Å². The van der Waals surface area contributed by atoms with Gasteiger partial charge >= 0.3 is 6.61 Å². The van der Waals surface area contributed by atoms with Crippen molar-refractivity contribution in [1.29, 1.82) is 0 Å². The Morgan fingerprint density at radius 1 is 1.14 bits per heavy atom. The molecule has 0 radical (unpaired) electrons. The van der Waals surface area contributed by atoms with E-state index in [4.69, 9.17) is 0 Å². The summed E-state index contributed by atoms with van der Waals surface area (Å²) >= 11 is 1.43. The third-order valence-electron chi connectivity index (χ3n) is 2.50. The molecule has 2 N–H and O–H groups in total. The fourth-order valence-electron chi connectivity index (χ4n) is 1.58. The molecule has 5 nitrogen and oxygen atoms in total. The fourth-order valence-corrected chi connectivity index (χ4v) is 1.96. The van der Waals surface area contributed by atoms with E-state index in [-0.39, 0.29) is 5.75 Å². The average Bonchev–Trinajstić information content (AvgIpc) is 2.48. The van der Waals surface area contributed by atoms with Gasteiger partial charge in [-0.25, -0.2) is 9.97 Å². The molecule has 8 heteroatoms. The zero-order chi connectivity index (χ0) is 15.2. The number of aromatic nitrogens is 2. The van der Waals surface area contributed by atoms with E-state index in [1.54, 1.807) is 25.2 Å². The van der Waals surface area contributed by atoms with Crippen LogP contribution < -0.4 is 15.4 Å². The largest absolute Gasteiger partial charge is 0.435 e. The first-order valence-electron chi connectivity index (χ1n) is 6.03. The van der Waals surface area contributed by atoms with Gasteiger partial charge in [-0.1, -0.05) is 11.8 Å². The predicted octanol–water partition coefficient (Wildman–Crippen LogP) is 3.59. The van der Waals surface area contributed by atoms with Crippen molar-refractivity contribution in [1.82, 2.24) is 9.97 Å². The molecule has 0 spiro atoms. The molecule has 2 aromatic rings. The number of rotatable bonds is 6. The number of nitrogens with zero attached hydrogens (tertiary/aromatic N) is 2. The van der Waals surface area contributed by atoms with Gasteiger partial charge in [0.05, 0.1) is 0 Å². The molecule has 0 aliphatic rings. The molecule has 0 aliphatic heterocycles. The van der Waals surface area contributed by atoms with Crippen molar-refractivity contribution in [3.8, 4) is 5.75 Å². The lowest BCUT2D eigenvalue weighted by Crippen LogP contribution is -2.02. The van der Waals surface area contributed by atoms with Crippen LogP contribution in [0.1, 0.15) is 0 Å². The maximum atomic E-state index is 12.1. The van der Waals surface area contributed by atoms with Crippen molar-refractivity contribution >= 4 is 29.1 Å². The Hall–Kier alpha value is -2.09. The number of benzene rings is 1.